The number of phenols is 3. The van der Waals surface area contributed by atoms with Crippen molar-refractivity contribution in [1.82, 2.24) is 5.32 Å². The first-order chi connectivity index (χ1) is 10.5. The van der Waals surface area contributed by atoms with Crippen LogP contribution in [0.25, 0.3) is 0 Å². The van der Waals surface area contributed by atoms with Crippen molar-refractivity contribution in [3.05, 3.63) is 53.6 Å². The zero-order valence-corrected chi connectivity index (χ0v) is 12.4. The maximum atomic E-state index is 9.88. The van der Waals surface area contributed by atoms with E-state index in [1.54, 1.807) is 30.3 Å². The van der Waals surface area contributed by atoms with E-state index in [4.69, 9.17) is 0 Å². The summed E-state index contributed by atoms with van der Waals surface area (Å²) in [4.78, 5) is 0. The fraction of sp³-hybridized carbons (Fsp3) is 0.294. The molecular formula is C17H21NO4. The number of benzene rings is 2. The highest BCUT2D eigenvalue weighted by atomic mass is 16.3. The Kier molecular flexibility index (Phi) is 5.25. The second kappa shape index (κ2) is 7.15. The second-order valence-corrected chi connectivity index (χ2v) is 5.35. The van der Waals surface area contributed by atoms with Crippen LogP contribution < -0.4 is 5.32 Å². The average molecular weight is 303 g/mol. The van der Waals surface area contributed by atoms with Gasteiger partial charge in [0.1, 0.15) is 17.2 Å². The molecule has 22 heavy (non-hydrogen) atoms. The minimum Gasteiger partial charge on any atom is -0.508 e. The molecule has 5 nitrogen and oxygen atoms in total. The Morgan fingerprint density at radius 2 is 1.55 bits per heavy atom. The van der Waals surface area contributed by atoms with E-state index < -0.39 is 0 Å². The lowest BCUT2D eigenvalue weighted by molar-refractivity contribution is 0.231. The van der Waals surface area contributed by atoms with Gasteiger partial charge in [0.2, 0.25) is 0 Å². The average Bonchev–Trinajstić information content (AvgIpc) is 2.48. The molecule has 2 unspecified atom stereocenters. The van der Waals surface area contributed by atoms with Crippen LogP contribution >= 0.6 is 0 Å². The van der Waals surface area contributed by atoms with Crippen molar-refractivity contribution in [2.24, 2.45) is 0 Å². The lowest BCUT2D eigenvalue weighted by atomic mass is 10.0. The Hall–Kier alpha value is -2.24. The molecule has 5 heteroatoms. The summed E-state index contributed by atoms with van der Waals surface area (Å²) in [6.07, 6.45) is 0.565. The van der Waals surface area contributed by atoms with Crippen molar-refractivity contribution < 1.29 is 20.4 Å². The standard InChI is InChI=1S/C17H21NO4/c1-11(17-15(21)3-2-4-16(17)22)18-13(10-19)9-12-5-7-14(20)8-6-12/h2-8,11,13,18-22H,9-10H2,1H3. The van der Waals surface area contributed by atoms with Gasteiger partial charge < -0.3 is 25.7 Å². The largest absolute Gasteiger partial charge is 0.508 e. The van der Waals surface area contributed by atoms with E-state index in [2.05, 4.69) is 5.32 Å². The summed E-state index contributed by atoms with van der Waals surface area (Å²) in [6, 6.07) is 10.8. The Bertz CT molecular complexity index is 592. The van der Waals surface area contributed by atoms with E-state index in [0.717, 1.165) is 5.56 Å². The normalized spacial score (nSPS) is 13.7. The van der Waals surface area contributed by atoms with Crippen LogP contribution in [-0.4, -0.2) is 33.1 Å². The molecular weight excluding hydrogens is 282 g/mol. The minimum atomic E-state index is -0.324. The van der Waals surface area contributed by atoms with Gasteiger partial charge in [0.25, 0.3) is 0 Å². The molecule has 0 fully saturated rings. The molecule has 118 valence electrons. The van der Waals surface area contributed by atoms with Crippen LogP contribution in [0.1, 0.15) is 24.1 Å². The van der Waals surface area contributed by atoms with Crippen LogP contribution in [0.2, 0.25) is 0 Å². The van der Waals surface area contributed by atoms with E-state index in [1.165, 1.54) is 12.1 Å². The summed E-state index contributed by atoms with van der Waals surface area (Å²) in [6.45, 7) is 1.73. The highest BCUT2D eigenvalue weighted by Crippen LogP contribution is 2.32. The van der Waals surface area contributed by atoms with E-state index >= 15 is 0 Å². The summed E-state index contributed by atoms with van der Waals surface area (Å²) in [7, 11) is 0. The molecule has 0 aliphatic heterocycles. The maximum absolute atomic E-state index is 9.88. The predicted molar refractivity (Wildman–Crippen MR) is 84.0 cm³/mol. The summed E-state index contributed by atoms with van der Waals surface area (Å²) in [5.74, 6) is 0.229. The van der Waals surface area contributed by atoms with Crippen LogP contribution in [-0.2, 0) is 6.42 Å². The monoisotopic (exact) mass is 303 g/mol. The third-order valence-electron chi connectivity index (χ3n) is 3.62. The smallest absolute Gasteiger partial charge is 0.124 e. The topological polar surface area (TPSA) is 93.0 Å². The van der Waals surface area contributed by atoms with E-state index in [1.807, 2.05) is 6.92 Å². The van der Waals surface area contributed by atoms with Gasteiger partial charge in [-0.05, 0) is 43.2 Å². The molecule has 0 amide bonds. The minimum absolute atomic E-state index is 0.0151. The number of hydrogen-bond donors (Lipinski definition) is 5. The van der Waals surface area contributed by atoms with Crippen LogP contribution in [0.5, 0.6) is 17.2 Å². The third-order valence-corrected chi connectivity index (χ3v) is 3.62. The van der Waals surface area contributed by atoms with Crippen LogP contribution in [0.15, 0.2) is 42.5 Å². The summed E-state index contributed by atoms with van der Waals surface area (Å²) < 4.78 is 0. The van der Waals surface area contributed by atoms with E-state index in [0.29, 0.717) is 12.0 Å². The molecule has 5 N–H and O–H groups in total. The Labute approximate surface area is 129 Å². The lowest BCUT2D eigenvalue weighted by Gasteiger charge is -2.23. The second-order valence-electron chi connectivity index (χ2n) is 5.35. The van der Waals surface area contributed by atoms with Crippen molar-refractivity contribution >= 4 is 0 Å². The van der Waals surface area contributed by atoms with Gasteiger partial charge in [-0.1, -0.05) is 18.2 Å². The Balaban J connectivity index is 2.07. The fourth-order valence-corrected chi connectivity index (χ4v) is 2.51. The molecule has 0 saturated carbocycles. The maximum Gasteiger partial charge on any atom is 0.124 e. The zero-order valence-electron chi connectivity index (χ0n) is 12.4. The lowest BCUT2D eigenvalue weighted by Crippen LogP contribution is -2.36. The van der Waals surface area contributed by atoms with Gasteiger partial charge in [-0.2, -0.15) is 0 Å². The molecule has 2 aromatic carbocycles. The van der Waals surface area contributed by atoms with Gasteiger partial charge in [-0.25, -0.2) is 0 Å². The van der Waals surface area contributed by atoms with Crippen molar-refractivity contribution in [1.29, 1.82) is 0 Å². The van der Waals surface area contributed by atoms with Crippen molar-refractivity contribution in [3.63, 3.8) is 0 Å². The van der Waals surface area contributed by atoms with Gasteiger partial charge in [0.15, 0.2) is 0 Å². The van der Waals surface area contributed by atoms with Crippen molar-refractivity contribution in [3.8, 4) is 17.2 Å². The molecule has 0 aromatic heterocycles. The first-order valence-electron chi connectivity index (χ1n) is 7.17. The van der Waals surface area contributed by atoms with Crippen LogP contribution in [0.4, 0.5) is 0 Å². The molecule has 0 bridgehead atoms. The first kappa shape index (κ1) is 16.1. The molecule has 2 aromatic rings. The number of nitrogens with one attached hydrogen (secondary N) is 1. The zero-order chi connectivity index (χ0) is 16.1. The van der Waals surface area contributed by atoms with Crippen LogP contribution in [0, 0.1) is 0 Å². The molecule has 0 heterocycles. The van der Waals surface area contributed by atoms with Crippen molar-refractivity contribution in [2.75, 3.05) is 6.61 Å². The van der Waals surface area contributed by atoms with Gasteiger partial charge in [0.05, 0.1) is 12.2 Å². The molecule has 2 rings (SSSR count). The number of rotatable bonds is 6. The summed E-state index contributed by atoms with van der Waals surface area (Å²) in [5.41, 5.74) is 1.38. The molecule has 0 spiro atoms. The predicted octanol–water partition coefficient (Wildman–Crippen LogP) is 2.06. The fourth-order valence-electron chi connectivity index (χ4n) is 2.51. The number of aliphatic hydroxyl groups excluding tert-OH is 1. The SMILES string of the molecule is CC(NC(CO)Cc1ccc(O)cc1)c1c(O)cccc1O. The summed E-state index contributed by atoms with van der Waals surface area (Å²) >= 11 is 0. The molecule has 0 aliphatic rings. The number of aliphatic hydroxyl groups is 1. The third kappa shape index (κ3) is 3.90. The van der Waals surface area contributed by atoms with Gasteiger partial charge >= 0.3 is 0 Å². The highest BCUT2D eigenvalue weighted by molar-refractivity contribution is 5.45. The summed E-state index contributed by atoms with van der Waals surface area (Å²) in [5, 5.41) is 41.8. The number of hydrogen-bond acceptors (Lipinski definition) is 5. The molecule has 2 atom stereocenters. The molecule has 0 radical (unpaired) electrons. The quantitative estimate of drug-likeness (QED) is 0.563. The molecule has 0 saturated heterocycles. The first-order valence-corrected chi connectivity index (χ1v) is 7.17. The number of phenolic OH excluding ortho intramolecular Hbond substituents is 3. The van der Waals surface area contributed by atoms with Crippen LogP contribution in [0.3, 0.4) is 0 Å². The van der Waals surface area contributed by atoms with Crippen molar-refractivity contribution in [2.45, 2.75) is 25.4 Å². The van der Waals surface area contributed by atoms with Gasteiger partial charge in [0, 0.05) is 12.1 Å². The number of aromatic hydroxyl groups is 3. The van der Waals surface area contributed by atoms with Gasteiger partial charge in [-0.3, -0.25) is 0 Å². The Morgan fingerprint density at radius 1 is 0.955 bits per heavy atom. The van der Waals surface area contributed by atoms with E-state index in [9.17, 15) is 20.4 Å². The van der Waals surface area contributed by atoms with Gasteiger partial charge in [-0.15, -0.1) is 0 Å². The Morgan fingerprint density at radius 3 is 2.09 bits per heavy atom. The van der Waals surface area contributed by atoms with E-state index in [-0.39, 0.29) is 35.9 Å². The highest BCUT2D eigenvalue weighted by Gasteiger charge is 2.18. The molecule has 0 aliphatic carbocycles.